The van der Waals surface area contributed by atoms with Crippen LogP contribution < -0.4 is 9.51 Å². The summed E-state index contributed by atoms with van der Waals surface area (Å²) in [4.78, 5) is 4.20. The van der Waals surface area contributed by atoms with Gasteiger partial charge in [0.25, 0.3) is 0 Å². The normalized spacial score (nSPS) is 11.7. The van der Waals surface area contributed by atoms with Gasteiger partial charge in [-0.15, -0.1) is 0 Å². The van der Waals surface area contributed by atoms with Crippen molar-refractivity contribution in [3.8, 4) is 5.75 Å². The largest absolute Gasteiger partial charge is 0.867 e. The Kier molecular flexibility index (Phi) is 5.03. The Bertz CT molecular complexity index is 612. The number of pyridine rings is 1. The lowest BCUT2D eigenvalue weighted by Crippen LogP contribution is -2.36. The molecule has 0 saturated heterocycles. The average molecular weight is 294 g/mol. The Hall–Kier alpha value is -1.80. The maximum absolute atomic E-state index is 12.6. The van der Waals surface area contributed by atoms with Gasteiger partial charge in [0, 0.05) is 6.07 Å². The summed E-state index contributed by atoms with van der Waals surface area (Å²) < 4.78 is 1.51. The quantitative estimate of drug-likeness (QED) is 0.459. The Labute approximate surface area is 121 Å². The van der Waals surface area contributed by atoms with Crippen LogP contribution in [0.1, 0.15) is 23.2 Å². The lowest BCUT2D eigenvalue weighted by Gasteiger charge is -2.21. The van der Waals surface area contributed by atoms with E-state index in [1.807, 2.05) is 0 Å². The van der Waals surface area contributed by atoms with Gasteiger partial charge in [0.15, 0.2) is 5.69 Å². The minimum absolute atomic E-state index is 0.0353. The Morgan fingerprint density at radius 1 is 1.00 bits per heavy atom. The van der Waals surface area contributed by atoms with E-state index in [-0.39, 0.29) is 11.4 Å². The van der Waals surface area contributed by atoms with Gasteiger partial charge in [0.1, 0.15) is 5.69 Å². The predicted octanol–water partition coefficient (Wildman–Crippen LogP) is -1.97. The van der Waals surface area contributed by atoms with E-state index in [9.17, 15) is 25.5 Å². The first-order valence-electron chi connectivity index (χ1n) is 6.62. The van der Waals surface area contributed by atoms with Crippen molar-refractivity contribution in [2.45, 2.75) is 11.8 Å². The van der Waals surface area contributed by atoms with Crippen molar-refractivity contribution in [1.29, 1.82) is 0 Å². The molecule has 2 aromatic heterocycles. The van der Waals surface area contributed by atoms with Crippen LogP contribution >= 0.6 is 0 Å². The Morgan fingerprint density at radius 3 is 2.19 bits per heavy atom. The number of aliphatic hydroxyl groups is 4. The van der Waals surface area contributed by atoms with E-state index in [4.69, 9.17) is 0 Å². The Morgan fingerprint density at radius 2 is 1.62 bits per heavy atom. The monoisotopic (exact) mass is 294 g/mol. The van der Waals surface area contributed by atoms with E-state index in [1.165, 1.54) is 4.40 Å². The average Bonchev–Trinajstić information content (AvgIpc) is 2.52. The zero-order valence-corrected chi connectivity index (χ0v) is 11.4. The number of aromatic nitrogens is 2. The van der Waals surface area contributed by atoms with E-state index in [2.05, 4.69) is 4.98 Å². The van der Waals surface area contributed by atoms with E-state index in [1.54, 1.807) is 24.4 Å². The Balaban J connectivity index is 2.76. The molecule has 0 atom stereocenters. The molecule has 2 rings (SSSR count). The number of fused-ring (bicyclic) bond motifs is 1. The van der Waals surface area contributed by atoms with E-state index >= 15 is 0 Å². The molecule has 0 bridgehead atoms. The van der Waals surface area contributed by atoms with Gasteiger partial charge in [-0.2, -0.15) is 0 Å². The van der Waals surface area contributed by atoms with E-state index in [0.29, 0.717) is 5.65 Å². The van der Waals surface area contributed by atoms with E-state index < -0.39 is 44.0 Å². The lowest BCUT2D eigenvalue weighted by molar-refractivity contribution is -0.533. The lowest BCUT2D eigenvalue weighted by atomic mass is 10.00. The van der Waals surface area contributed by atoms with Gasteiger partial charge >= 0.3 is 5.65 Å². The van der Waals surface area contributed by atoms with Crippen molar-refractivity contribution in [2.24, 2.45) is 0 Å². The van der Waals surface area contributed by atoms with E-state index in [0.717, 1.165) is 0 Å². The highest BCUT2D eigenvalue weighted by atomic mass is 16.3. The summed E-state index contributed by atoms with van der Waals surface area (Å²) in [6.07, 6.45) is 1.62. The molecule has 0 aliphatic rings. The van der Waals surface area contributed by atoms with Crippen molar-refractivity contribution >= 4 is 5.65 Å². The van der Waals surface area contributed by atoms with Gasteiger partial charge in [0.05, 0.1) is 44.5 Å². The molecule has 21 heavy (non-hydrogen) atoms. The van der Waals surface area contributed by atoms with Crippen LogP contribution in [-0.4, -0.2) is 51.8 Å². The third kappa shape index (κ3) is 2.81. The van der Waals surface area contributed by atoms with Crippen LogP contribution in [0.2, 0.25) is 0 Å². The number of hydrogen-bond donors (Lipinski definition) is 4. The molecule has 0 radical (unpaired) electrons. The fourth-order valence-corrected chi connectivity index (χ4v) is 2.26. The molecular formula is C14H18N2O5. The fraction of sp³-hybridized carbons (Fsp3) is 0.429. The fourth-order valence-electron chi connectivity index (χ4n) is 2.26. The van der Waals surface area contributed by atoms with Crippen molar-refractivity contribution < 1.29 is 29.9 Å². The standard InChI is InChI=1S/C14H18N2O5/c17-5-9(6-18)12-14(21)13(10(7-19)8-20)16-4-2-1-3-11(16)15-12/h1-4,9-10,17-20H,5-8H2. The topological polar surface area (TPSA) is 121 Å². The van der Waals surface area contributed by atoms with Crippen LogP contribution in [0.25, 0.3) is 5.65 Å². The van der Waals surface area contributed by atoms with Crippen LogP contribution in [0.3, 0.4) is 0 Å². The van der Waals surface area contributed by atoms with Crippen molar-refractivity contribution in [2.75, 3.05) is 26.4 Å². The van der Waals surface area contributed by atoms with Gasteiger partial charge in [-0.05, 0) is 16.8 Å². The van der Waals surface area contributed by atoms with Gasteiger partial charge < -0.3 is 25.5 Å². The summed E-state index contributed by atoms with van der Waals surface area (Å²) in [5, 5.41) is 49.9. The number of aliphatic hydroxyl groups excluding tert-OH is 4. The second-order valence-corrected chi connectivity index (χ2v) is 4.76. The van der Waals surface area contributed by atoms with Crippen LogP contribution in [0, 0.1) is 0 Å². The first kappa shape index (κ1) is 15.6. The highest BCUT2D eigenvalue weighted by Gasteiger charge is 2.26. The van der Waals surface area contributed by atoms with Crippen molar-refractivity contribution in [1.82, 2.24) is 4.98 Å². The maximum Gasteiger partial charge on any atom is 0.328 e. The van der Waals surface area contributed by atoms with Gasteiger partial charge in [0.2, 0.25) is 0 Å². The summed E-state index contributed by atoms with van der Waals surface area (Å²) in [5.74, 6) is -2.04. The summed E-state index contributed by atoms with van der Waals surface area (Å²) >= 11 is 0. The smallest absolute Gasteiger partial charge is 0.328 e. The molecule has 0 fully saturated rings. The molecule has 0 aliphatic carbocycles. The second kappa shape index (κ2) is 6.77. The van der Waals surface area contributed by atoms with Crippen LogP contribution in [-0.2, 0) is 0 Å². The van der Waals surface area contributed by atoms with Gasteiger partial charge in [-0.1, -0.05) is 6.07 Å². The van der Waals surface area contributed by atoms with Crippen molar-refractivity contribution in [3.05, 3.63) is 35.8 Å². The first-order valence-corrected chi connectivity index (χ1v) is 6.62. The molecule has 0 amide bonds. The number of nitrogens with zero attached hydrogens (tertiary/aromatic N) is 2. The summed E-state index contributed by atoms with van der Waals surface area (Å²) in [6.45, 7) is -1.61. The summed E-state index contributed by atoms with van der Waals surface area (Å²) in [5.41, 5.74) is 0.668. The van der Waals surface area contributed by atoms with Crippen LogP contribution in [0.5, 0.6) is 5.75 Å². The van der Waals surface area contributed by atoms with Gasteiger partial charge in [-0.3, -0.25) is 0 Å². The minimum Gasteiger partial charge on any atom is -0.867 e. The molecule has 0 aliphatic heterocycles. The molecule has 2 aromatic rings. The zero-order chi connectivity index (χ0) is 15.4. The highest BCUT2D eigenvalue weighted by Crippen LogP contribution is 2.28. The molecule has 0 spiro atoms. The molecule has 4 N–H and O–H groups in total. The molecular weight excluding hydrogens is 276 g/mol. The number of rotatable bonds is 6. The van der Waals surface area contributed by atoms with Crippen LogP contribution in [0.4, 0.5) is 0 Å². The molecule has 7 heteroatoms. The first-order chi connectivity index (χ1) is 10.2. The van der Waals surface area contributed by atoms with Crippen LogP contribution in [0.15, 0.2) is 24.4 Å². The molecule has 114 valence electrons. The molecule has 0 unspecified atom stereocenters. The van der Waals surface area contributed by atoms with Crippen molar-refractivity contribution in [3.63, 3.8) is 0 Å². The molecule has 2 heterocycles. The predicted molar refractivity (Wildman–Crippen MR) is 70.7 cm³/mol. The SMILES string of the molecule is [O-]c1c(C(CO)CO)nc2cccc[n+]2c1C(CO)CO. The molecule has 7 nitrogen and oxygen atoms in total. The van der Waals surface area contributed by atoms with Gasteiger partial charge in [-0.25, -0.2) is 4.40 Å². The maximum atomic E-state index is 12.6. The summed E-state index contributed by atoms with van der Waals surface area (Å²) in [6, 6.07) is 5.11. The third-order valence-electron chi connectivity index (χ3n) is 3.45. The zero-order valence-electron chi connectivity index (χ0n) is 11.4. The third-order valence-corrected chi connectivity index (χ3v) is 3.45. The minimum atomic E-state index is -0.792. The number of hydrogen-bond acceptors (Lipinski definition) is 6. The molecule has 0 aromatic carbocycles. The molecule has 0 saturated carbocycles. The second-order valence-electron chi connectivity index (χ2n) is 4.76. The highest BCUT2D eigenvalue weighted by molar-refractivity contribution is 5.40. The summed E-state index contributed by atoms with van der Waals surface area (Å²) in [7, 11) is 0.